The first kappa shape index (κ1) is 13.4. The van der Waals surface area contributed by atoms with Gasteiger partial charge in [0, 0.05) is 17.1 Å². The largest absolute Gasteiger partial charge is 0.496 e. The van der Waals surface area contributed by atoms with Crippen LogP contribution < -0.4 is 4.74 Å². The van der Waals surface area contributed by atoms with Crippen LogP contribution >= 0.6 is 11.6 Å². The lowest BCUT2D eigenvalue weighted by Crippen LogP contribution is -2.02. The molecule has 0 spiro atoms. The van der Waals surface area contributed by atoms with E-state index >= 15 is 0 Å². The molecule has 1 aromatic heterocycles. The number of carboxylic acid groups (broad SMARTS) is 1. The second-order valence-corrected chi connectivity index (χ2v) is 4.32. The van der Waals surface area contributed by atoms with Gasteiger partial charge in [0.05, 0.1) is 12.8 Å². The number of benzene rings is 1. The number of aryl methyl sites for hydroxylation is 1. The molecule has 2 aromatic rings. The highest BCUT2D eigenvalue weighted by Crippen LogP contribution is 2.32. The second kappa shape index (κ2) is 5.32. The number of halogens is 1. The van der Waals surface area contributed by atoms with Crippen molar-refractivity contribution >= 4 is 17.6 Å². The number of aromatic carboxylic acids is 1. The summed E-state index contributed by atoms with van der Waals surface area (Å²) in [6, 6.07) is 6.73. The van der Waals surface area contributed by atoms with Crippen molar-refractivity contribution < 1.29 is 14.6 Å². The van der Waals surface area contributed by atoms with Crippen LogP contribution in [-0.4, -0.2) is 28.0 Å². The topological polar surface area (TPSA) is 64.4 Å². The second-order valence-electron chi connectivity index (χ2n) is 3.88. The van der Waals surface area contributed by atoms with Crippen molar-refractivity contribution in [2.45, 2.75) is 13.5 Å². The zero-order valence-electron chi connectivity index (χ0n) is 10.6. The summed E-state index contributed by atoms with van der Waals surface area (Å²) in [5.41, 5.74) is 1.45. The van der Waals surface area contributed by atoms with Crippen molar-refractivity contribution in [1.29, 1.82) is 0 Å². The Hall–Kier alpha value is -2.01. The molecular weight excluding hydrogens is 268 g/mol. The Morgan fingerprint density at radius 3 is 2.79 bits per heavy atom. The third kappa shape index (κ3) is 2.56. The number of hydrogen-bond donors (Lipinski definition) is 1. The van der Waals surface area contributed by atoms with Gasteiger partial charge in [0.15, 0.2) is 5.69 Å². The molecule has 1 aromatic carbocycles. The van der Waals surface area contributed by atoms with Crippen LogP contribution in [0.25, 0.3) is 11.3 Å². The summed E-state index contributed by atoms with van der Waals surface area (Å²) in [5.74, 6) is -0.472. The van der Waals surface area contributed by atoms with E-state index in [9.17, 15) is 4.79 Å². The molecule has 0 aliphatic carbocycles. The van der Waals surface area contributed by atoms with E-state index in [1.54, 1.807) is 30.0 Å². The SMILES string of the molecule is CCn1nc(C(=O)O)cc1-c1ccc(Cl)cc1OC. The molecule has 0 amide bonds. The highest BCUT2D eigenvalue weighted by molar-refractivity contribution is 6.30. The van der Waals surface area contributed by atoms with Gasteiger partial charge in [0.25, 0.3) is 0 Å². The van der Waals surface area contributed by atoms with E-state index in [1.165, 1.54) is 6.07 Å². The van der Waals surface area contributed by atoms with Crippen molar-refractivity contribution in [3.05, 3.63) is 35.0 Å². The van der Waals surface area contributed by atoms with Gasteiger partial charge >= 0.3 is 5.97 Å². The fraction of sp³-hybridized carbons (Fsp3) is 0.231. The van der Waals surface area contributed by atoms with Crippen LogP contribution in [0.5, 0.6) is 5.75 Å². The van der Waals surface area contributed by atoms with Gasteiger partial charge in [-0.25, -0.2) is 4.79 Å². The highest BCUT2D eigenvalue weighted by Gasteiger charge is 2.16. The zero-order chi connectivity index (χ0) is 14.0. The molecule has 0 aliphatic heterocycles. The van der Waals surface area contributed by atoms with Crippen LogP contribution in [0.3, 0.4) is 0 Å². The van der Waals surface area contributed by atoms with E-state index in [2.05, 4.69) is 5.10 Å². The van der Waals surface area contributed by atoms with Crippen LogP contribution in [0.1, 0.15) is 17.4 Å². The molecule has 0 fully saturated rings. The summed E-state index contributed by atoms with van der Waals surface area (Å²) < 4.78 is 6.90. The van der Waals surface area contributed by atoms with Gasteiger partial charge in [-0.1, -0.05) is 11.6 Å². The Morgan fingerprint density at radius 1 is 1.47 bits per heavy atom. The first-order valence-corrected chi connectivity index (χ1v) is 6.09. The number of ether oxygens (including phenoxy) is 1. The van der Waals surface area contributed by atoms with E-state index in [1.807, 2.05) is 6.92 Å². The molecule has 1 heterocycles. The van der Waals surface area contributed by atoms with Crippen molar-refractivity contribution in [2.75, 3.05) is 7.11 Å². The highest BCUT2D eigenvalue weighted by atomic mass is 35.5. The minimum Gasteiger partial charge on any atom is -0.496 e. The molecule has 0 radical (unpaired) electrons. The summed E-state index contributed by atoms with van der Waals surface area (Å²) in [5, 5.41) is 13.6. The van der Waals surface area contributed by atoms with Crippen LogP contribution in [0, 0.1) is 0 Å². The van der Waals surface area contributed by atoms with Crippen LogP contribution in [0.15, 0.2) is 24.3 Å². The summed E-state index contributed by atoms with van der Waals surface area (Å²) in [6.07, 6.45) is 0. The van der Waals surface area contributed by atoms with Crippen LogP contribution in [-0.2, 0) is 6.54 Å². The Kier molecular flexibility index (Phi) is 3.76. The van der Waals surface area contributed by atoms with E-state index in [0.717, 1.165) is 5.56 Å². The molecule has 2 rings (SSSR count). The van der Waals surface area contributed by atoms with E-state index in [-0.39, 0.29) is 5.69 Å². The molecule has 19 heavy (non-hydrogen) atoms. The third-order valence-corrected chi connectivity index (χ3v) is 2.97. The van der Waals surface area contributed by atoms with Gasteiger partial charge in [-0.05, 0) is 31.2 Å². The molecule has 6 heteroatoms. The first-order chi connectivity index (χ1) is 9.06. The smallest absolute Gasteiger partial charge is 0.356 e. The predicted molar refractivity (Wildman–Crippen MR) is 71.9 cm³/mol. The maximum absolute atomic E-state index is 11.0. The van der Waals surface area contributed by atoms with Gasteiger partial charge < -0.3 is 9.84 Å². The number of nitrogens with zero attached hydrogens (tertiary/aromatic N) is 2. The number of carboxylic acids is 1. The number of hydrogen-bond acceptors (Lipinski definition) is 3. The summed E-state index contributed by atoms with van der Waals surface area (Å²) >= 11 is 5.92. The van der Waals surface area contributed by atoms with Gasteiger partial charge in [0.1, 0.15) is 5.75 Å². The number of carbonyl (C=O) groups is 1. The fourth-order valence-corrected chi connectivity index (χ4v) is 2.02. The normalized spacial score (nSPS) is 10.5. The third-order valence-electron chi connectivity index (χ3n) is 2.74. The Morgan fingerprint density at radius 2 is 2.21 bits per heavy atom. The molecular formula is C13H13ClN2O3. The Balaban J connectivity index is 2.60. The van der Waals surface area contributed by atoms with E-state index < -0.39 is 5.97 Å². The first-order valence-electron chi connectivity index (χ1n) is 5.72. The molecule has 100 valence electrons. The molecule has 1 N–H and O–H groups in total. The molecule has 0 saturated heterocycles. The molecule has 0 unspecified atom stereocenters. The lowest BCUT2D eigenvalue weighted by atomic mass is 10.1. The predicted octanol–water partition coefficient (Wildman–Crippen LogP) is 2.93. The maximum atomic E-state index is 11.0. The van der Waals surface area contributed by atoms with Gasteiger partial charge in [-0.2, -0.15) is 5.10 Å². The molecule has 0 atom stereocenters. The lowest BCUT2D eigenvalue weighted by Gasteiger charge is -2.10. The van der Waals surface area contributed by atoms with Gasteiger partial charge in [-0.3, -0.25) is 4.68 Å². The van der Waals surface area contributed by atoms with Crippen molar-refractivity contribution in [3.8, 4) is 17.0 Å². The summed E-state index contributed by atoms with van der Waals surface area (Å²) in [4.78, 5) is 11.0. The number of rotatable bonds is 4. The molecule has 5 nitrogen and oxygen atoms in total. The zero-order valence-corrected chi connectivity index (χ0v) is 11.3. The average Bonchev–Trinajstić information content (AvgIpc) is 2.82. The molecule has 0 saturated carbocycles. The Labute approximate surface area is 115 Å². The fourth-order valence-electron chi connectivity index (χ4n) is 1.86. The van der Waals surface area contributed by atoms with Crippen molar-refractivity contribution in [3.63, 3.8) is 0 Å². The minimum atomic E-state index is -1.05. The standard InChI is InChI=1S/C13H13ClN2O3/c1-3-16-11(7-10(15-16)13(17)18)9-5-4-8(14)6-12(9)19-2/h4-7H,3H2,1-2H3,(H,17,18). The van der Waals surface area contributed by atoms with Gasteiger partial charge in [-0.15, -0.1) is 0 Å². The average molecular weight is 281 g/mol. The van der Waals surface area contributed by atoms with Crippen LogP contribution in [0.4, 0.5) is 0 Å². The van der Waals surface area contributed by atoms with Crippen LogP contribution in [0.2, 0.25) is 5.02 Å². The van der Waals surface area contributed by atoms with Gasteiger partial charge in [0.2, 0.25) is 0 Å². The van der Waals surface area contributed by atoms with Crippen molar-refractivity contribution in [1.82, 2.24) is 9.78 Å². The quantitative estimate of drug-likeness (QED) is 0.935. The van der Waals surface area contributed by atoms with E-state index in [4.69, 9.17) is 21.4 Å². The molecule has 0 aliphatic rings. The monoisotopic (exact) mass is 280 g/mol. The summed E-state index contributed by atoms with van der Waals surface area (Å²) in [7, 11) is 1.54. The number of aromatic nitrogens is 2. The van der Waals surface area contributed by atoms with E-state index in [0.29, 0.717) is 23.0 Å². The number of methoxy groups -OCH3 is 1. The summed E-state index contributed by atoms with van der Waals surface area (Å²) in [6.45, 7) is 2.46. The lowest BCUT2D eigenvalue weighted by molar-refractivity contribution is 0.0689. The maximum Gasteiger partial charge on any atom is 0.356 e. The minimum absolute atomic E-state index is 0.00820. The Bertz CT molecular complexity index is 622. The molecule has 0 bridgehead atoms. The van der Waals surface area contributed by atoms with Crippen molar-refractivity contribution in [2.24, 2.45) is 0 Å².